The van der Waals surface area contributed by atoms with Crippen LogP contribution in [-0.2, 0) is 19.4 Å². The van der Waals surface area contributed by atoms with Crippen molar-refractivity contribution in [2.24, 2.45) is 0 Å². The van der Waals surface area contributed by atoms with E-state index in [-0.39, 0.29) is 6.04 Å². The summed E-state index contributed by atoms with van der Waals surface area (Å²) in [6.45, 7) is 2.66. The molecule has 3 aromatic carbocycles. The first kappa shape index (κ1) is 19.1. The van der Waals surface area contributed by atoms with Crippen LogP contribution in [0.25, 0.3) is 11.4 Å². The first-order chi connectivity index (χ1) is 14.3. The van der Waals surface area contributed by atoms with Crippen LogP contribution in [0.2, 0.25) is 0 Å². The predicted molar refractivity (Wildman–Crippen MR) is 115 cm³/mol. The van der Waals surface area contributed by atoms with Crippen LogP contribution in [0, 0.1) is 0 Å². The van der Waals surface area contributed by atoms with Gasteiger partial charge >= 0.3 is 0 Å². The normalized spacial score (nSPS) is 12.0. The Balaban J connectivity index is 1.46. The van der Waals surface area contributed by atoms with Crippen molar-refractivity contribution in [1.29, 1.82) is 0 Å². The van der Waals surface area contributed by atoms with Gasteiger partial charge in [-0.1, -0.05) is 97.0 Å². The summed E-state index contributed by atoms with van der Waals surface area (Å²) in [5.74, 6) is 1.22. The molecule has 146 valence electrons. The average Bonchev–Trinajstić information content (AvgIpc) is 3.27. The lowest BCUT2D eigenvalue weighted by Crippen LogP contribution is -2.23. The molecule has 4 nitrogen and oxygen atoms in total. The Morgan fingerprint density at radius 3 is 2.21 bits per heavy atom. The van der Waals surface area contributed by atoms with Gasteiger partial charge in [-0.3, -0.25) is 0 Å². The summed E-state index contributed by atoms with van der Waals surface area (Å²) in [5.41, 5.74) is 4.80. The lowest BCUT2D eigenvalue weighted by atomic mass is 9.99. The van der Waals surface area contributed by atoms with Crippen LogP contribution < -0.4 is 5.32 Å². The molecule has 0 spiro atoms. The number of nitrogens with zero attached hydrogens (tertiary/aromatic N) is 2. The van der Waals surface area contributed by atoms with Crippen LogP contribution in [-0.4, -0.2) is 10.1 Å². The van der Waals surface area contributed by atoms with Crippen molar-refractivity contribution < 1.29 is 4.52 Å². The fraction of sp³-hybridized carbons (Fsp3) is 0.200. The van der Waals surface area contributed by atoms with Gasteiger partial charge < -0.3 is 9.84 Å². The van der Waals surface area contributed by atoms with Crippen molar-refractivity contribution >= 4 is 0 Å². The summed E-state index contributed by atoms with van der Waals surface area (Å²) in [7, 11) is 0. The molecule has 0 bridgehead atoms. The Labute approximate surface area is 171 Å². The number of benzene rings is 3. The zero-order valence-corrected chi connectivity index (χ0v) is 16.6. The van der Waals surface area contributed by atoms with E-state index >= 15 is 0 Å². The molecular weight excluding hydrogens is 358 g/mol. The van der Waals surface area contributed by atoms with Crippen molar-refractivity contribution in [3.05, 3.63) is 108 Å². The Kier molecular flexibility index (Phi) is 6.13. The molecule has 29 heavy (non-hydrogen) atoms. The highest BCUT2D eigenvalue weighted by Crippen LogP contribution is 2.20. The number of aryl methyl sites for hydroxylation is 1. The van der Waals surface area contributed by atoms with Gasteiger partial charge in [-0.15, -0.1) is 0 Å². The summed E-state index contributed by atoms with van der Waals surface area (Å²) in [6, 6.07) is 29.4. The molecule has 4 heteroatoms. The van der Waals surface area contributed by atoms with Crippen LogP contribution in [0.5, 0.6) is 0 Å². The van der Waals surface area contributed by atoms with Gasteiger partial charge in [-0.05, 0) is 29.5 Å². The van der Waals surface area contributed by atoms with E-state index in [0.717, 1.165) is 18.4 Å². The molecule has 1 aromatic heterocycles. The van der Waals surface area contributed by atoms with Crippen molar-refractivity contribution in [2.45, 2.75) is 32.4 Å². The summed E-state index contributed by atoms with van der Waals surface area (Å²) in [5, 5.41) is 7.74. The number of aromatic nitrogens is 2. The molecule has 0 amide bonds. The third-order valence-corrected chi connectivity index (χ3v) is 5.07. The molecule has 4 rings (SSSR count). The first-order valence-corrected chi connectivity index (χ1v) is 10.1. The fourth-order valence-corrected chi connectivity index (χ4v) is 3.39. The van der Waals surface area contributed by atoms with Crippen molar-refractivity contribution in [3.63, 3.8) is 0 Å². The molecule has 0 fully saturated rings. The van der Waals surface area contributed by atoms with E-state index in [1.165, 1.54) is 16.7 Å². The molecular formula is C25H25N3O. The molecule has 0 aliphatic heterocycles. The van der Waals surface area contributed by atoms with Gasteiger partial charge in [0.2, 0.25) is 11.7 Å². The van der Waals surface area contributed by atoms with Gasteiger partial charge in [0, 0.05) is 11.6 Å². The van der Waals surface area contributed by atoms with E-state index in [0.29, 0.717) is 18.3 Å². The highest BCUT2D eigenvalue weighted by molar-refractivity contribution is 5.54. The highest BCUT2D eigenvalue weighted by Gasteiger charge is 2.14. The third kappa shape index (κ3) is 4.98. The van der Waals surface area contributed by atoms with Gasteiger partial charge in [0.25, 0.3) is 0 Å². The number of hydrogen-bond acceptors (Lipinski definition) is 4. The van der Waals surface area contributed by atoms with E-state index in [4.69, 9.17) is 4.52 Å². The third-order valence-electron chi connectivity index (χ3n) is 5.07. The van der Waals surface area contributed by atoms with Crippen molar-refractivity contribution in [2.75, 3.05) is 0 Å². The second-order valence-corrected chi connectivity index (χ2v) is 7.10. The monoisotopic (exact) mass is 383 g/mol. The smallest absolute Gasteiger partial charge is 0.240 e. The van der Waals surface area contributed by atoms with Crippen LogP contribution >= 0.6 is 0 Å². The Bertz CT molecular complexity index is 1010. The topological polar surface area (TPSA) is 51.0 Å². The number of hydrogen-bond donors (Lipinski definition) is 1. The zero-order valence-electron chi connectivity index (χ0n) is 16.6. The highest BCUT2D eigenvalue weighted by atomic mass is 16.5. The van der Waals surface area contributed by atoms with E-state index < -0.39 is 0 Å². The van der Waals surface area contributed by atoms with E-state index in [1.807, 2.05) is 24.3 Å². The lowest BCUT2D eigenvalue weighted by Gasteiger charge is -2.18. The van der Waals surface area contributed by atoms with E-state index in [2.05, 4.69) is 83.0 Å². The molecule has 1 atom stereocenters. The minimum absolute atomic E-state index is 0.165. The molecule has 1 heterocycles. The fourth-order valence-electron chi connectivity index (χ4n) is 3.39. The molecule has 0 saturated carbocycles. The van der Waals surface area contributed by atoms with Crippen LogP contribution in [0.3, 0.4) is 0 Å². The maximum atomic E-state index is 5.49. The van der Waals surface area contributed by atoms with E-state index in [1.54, 1.807) is 0 Å². The lowest BCUT2D eigenvalue weighted by molar-refractivity contribution is 0.357. The van der Waals surface area contributed by atoms with Gasteiger partial charge in [-0.2, -0.15) is 4.98 Å². The summed E-state index contributed by atoms with van der Waals surface area (Å²) < 4.78 is 5.49. The molecule has 4 aromatic rings. The number of nitrogens with one attached hydrogen (secondary N) is 1. The second kappa shape index (κ2) is 9.30. The van der Waals surface area contributed by atoms with Gasteiger partial charge in [0.1, 0.15) is 0 Å². The van der Waals surface area contributed by atoms with Gasteiger partial charge in [-0.25, -0.2) is 0 Å². The predicted octanol–water partition coefficient (Wildman–Crippen LogP) is 5.37. The Morgan fingerprint density at radius 1 is 0.828 bits per heavy atom. The maximum Gasteiger partial charge on any atom is 0.240 e. The summed E-state index contributed by atoms with van der Waals surface area (Å²) >= 11 is 0. The molecule has 0 aliphatic rings. The molecule has 0 aliphatic carbocycles. The van der Waals surface area contributed by atoms with Crippen LogP contribution in [0.15, 0.2) is 89.5 Å². The standard InChI is InChI=1S/C25H25N3O/c1-2-19-13-15-22(16-14-19)25-27-24(29-28-25)18-26-23(21-11-7-4-8-12-21)17-20-9-5-3-6-10-20/h3-16,23,26H,2,17-18H2,1H3. The van der Waals surface area contributed by atoms with Crippen LogP contribution in [0.1, 0.15) is 35.5 Å². The minimum Gasteiger partial charge on any atom is -0.338 e. The quantitative estimate of drug-likeness (QED) is 0.444. The summed E-state index contributed by atoms with van der Waals surface area (Å²) in [6.07, 6.45) is 1.91. The summed E-state index contributed by atoms with van der Waals surface area (Å²) in [4.78, 5) is 4.57. The first-order valence-electron chi connectivity index (χ1n) is 10.1. The second-order valence-electron chi connectivity index (χ2n) is 7.10. The molecule has 0 radical (unpaired) electrons. The average molecular weight is 383 g/mol. The zero-order chi connectivity index (χ0) is 19.9. The Morgan fingerprint density at radius 2 is 1.52 bits per heavy atom. The number of rotatable bonds is 8. The Hall–Kier alpha value is -3.24. The SMILES string of the molecule is CCc1ccc(-c2noc(CNC(Cc3ccccc3)c3ccccc3)n2)cc1. The van der Waals surface area contributed by atoms with Gasteiger partial charge in [0.05, 0.1) is 6.54 Å². The van der Waals surface area contributed by atoms with Crippen LogP contribution in [0.4, 0.5) is 0 Å². The van der Waals surface area contributed by atoms with Crippen molar-refractivity contribution in [1.82, 2.24) is 15.5 Å². The molecule has 1 N–H and O–H groups in total. The minimum atomic E-state index is 0.165. The molecule has 0 saturated heterocycles. The van der Waals surface area contributed by atoms with Crippen molar-refractivity contribution in [3.8, 4) is 11.4 Å². The van der Waals surface area contributed by atoms with E-state index in [9.17, 15) is 0 Å². The maximum absolute atomic E-state index is 5.49. The van der Waals surface area contributed by atoms with Gasteiger partial charge in [0.15, 0.2) is 0 Å². The largest absolute Gasteiger partial charge is 0.338 e. The molecule has 1 unspecified atom stereocenters.